The number of piperazine rings is 1. The van der Waals surface area contributed by atoms with Crippen LogP contribution in [0.15, 0.2) is 24.3 Å². The van der Waals surface area contributed by atoms with Gasteiger partial charge in [-0.1, -0.05) is 12.5 Å². The van der Waals surface area contributed by atoms with Crippen molar-refractivity contribution in [2.45, 2.75) is 44.4 Å². The van der Waals surface area contributed by atoms with E-state index in [0.717, 1.165) is 32.1 Å². The normalized spacial score (nSPS) is 27.5. The van der Waals surface area contributed by atoms with Crippen LogP contribution < -0.4 is 4.90 Å². The molecule has 2 saturated heterocycles. The van der Waals surface area contributed by atoms with Crippen molar-refractivity contribution in [1.82, 2.24) is 4.90 Å². The quantitative estimate of drug-likeness (QED) is 0.779. The third-order valence-corrected chi connectivity index (χ3v) is 4.69. The Morgan fingerprint density at radius 2 is 1.95 bits per heavy atom. The van der Waals surface area contributed by atoms with E-state index in [-0.39, 0.29) is 6.04 Å². The summed E-state index contributed by atoms with van der Waals surface area (Å²) in [6.07, 6.45) is -0.646. The minimum atomic E-state index is -4.27. The van der Waals surface area contributed by atoms with Crippen LogP contribution in [-0.2, 0) is 6.18 Å². The van der Waals surface area contributed by atoms with E-state index < -0.39 is 11.7 Å². The molecule has 0 radical (unpaired) electrons. The highest BCUT2D eigenvalue weighted by Crippen LogP contribution is 2.34. The molecule has 3 rings (SSSR count). The molecule has 21 heavy (non-hydrogen) atoms. The third kappa shape index (κ3) is 3.03. The lowest BCUT2D eigenvalue weighted by atomic mass is 9.96. The molecule has 1 aromatic carbocycles. The molecule has 2 nitrogen and oxygen atoms in total. The van der Waals surface area contributed by atoms with Crippen molar-refractivity contribution in [3.63, 3.8) is 0 Å². The second-order valence-corrected chi connectivity index (χ2v) is 6.19. The highest BCUT2D eigenvalue weighted by atomic mass is 19.4. The van der Waals surface area contributed by atoms with Crippen LogP contribution in [0, 0.1) is 0 Å². The predicted octanol–water partition coefficient (Wildman–Crippen LogP) is 3.77. The summed E-state index contributed by atoms with van der Waals surface area (Å²) < 4.78 is 38.6. The van der Waals surface area contributed by atoms with Gasteiger partial charge in [0.2, 0.25) is 0 Å². The number of piperidine rings is 1. The van der Waals surface area contributed by atoms with E-state index in [9.17, 15) is 13.2 Å². The van der Waals surface area contributed by atoms with Gasteiger partial charge in [-0.15, -0.1) is 0 Å². The Balaban J connectivity index is 1.82. The van der Waals surface area contributed by atoms with Gasteiger partial charge in [-0.05, 0) is 44.5 Å². The molecule has 0 amide bonds. The lowest BCUT2D eigenvalue weighted by Gasteiger charge is -2.48. The van der Waals surface area contributed by atoms with Gasteiger partial charge in [0, 0.05) is 30.9 Å². The fraction of sp³-hybridized carbons (Fsp3) is 0.625. The van der Waals surface area contributed by atoms with Crippen LogP contribution in [0.5, 0.6) is 0 Å². The molecule has 116 valence electrons. The van der Waals surface area contributed by atoms with Gasteiger partial charge in [-0.2, -0.15) is 13.2 Å². The number of benzene rings is 1. The van der Waals surface area contributed by atoms with Crippen LogP contribution in [0.25, 0.3) is 0 Å². The lowest BCUT2D eigenvalue weighted by Crippen LogP contribution is -2.58. The molecule has 2 heterocycles. The molecule has 0 saturated carbocycles. The summed E-state index contributed by atoms with van der Waals surface area (Å²) in [6.45, 7) is 5.01. The Hall–Kier alpha value is -1.23. The third-order valence-electron chi connectivity index (χ3n) is 4.69. The topological polar surface area (TPSA) is 6.48 Å². The molecule has 2 aliphatic rings. The number of rotatable bonds is 1. The second kappa shape index (κ2) is 5.52. The number of hydrogen-bond acceptors (Lipinski definition) is 2. The summed E-state index contributed by atoms with van der Waals surface area (Å²) in [4.78, 5) is 4.64. The smallest absolute Gasteiger partial charge is 0.366 e. The van der Waals surface area contributed by atoms with Gasteiger partial charge in [0.15, 0.2) is 0 Å². The molecule has 2 atom stereocenters. The van der Waals surface area contributed by atoms with E-state index in [0.29, 0.717) is 11.7 Å². The molecule has 2 fully saturated rings. The molecular formula is C16H21F3N2. The Morgan fingerprint density at radius 3 is 2.71 bits per heavy atom. The van der Waals surface area contributed by atoms with Crippen molar-refractivity contribution in [2.24, 2.45) is 0 Å². The molecule has 2 aliphatic heterocycles. The number of hydrogen-bond donors (Lipinski definition) is 0. The maximum absolute atomic E-state index is 12.9. The molecule has 1 aromatic rings. The van der Waals surface area contributed by atoms with Gasteiger partial charge in [-0.25, -0.2) is 0 Å². The summed E-state index contributed by atoms with van der Waals surface area (Å²) in [5.41, 5.74) is 0.140. The van der Waals surface area contributed by atoms with E-state index in [1.54, 1.807) is 6.07 Å². The maximum Gasteiger partial charge on any atom is 0.416 e. The summed E-state index contributed by atoms with van der Waals surface area (Å²) in [5, 5.41) is 0. The van der Waals surface area contributed by atoms with Crippen molar-refractivity contribution in [1.29, 1.82) is 0 Å². The van der Waals surface area contributed by atoms with E-state index >= 15 is 0 Å². The largest absolute Gasteiger partial charge is 0.416 e. The molecule has 0 N–H and O–H groups in total. The van der Waals surface area contributed by atoms with Gasteiger partial charge in [0.05, 0.1) is 5.56 Å². The Morgan fingerprint density at radius 1 is 1.14 bits per heavy atom. The van der Waals surface area contributed by atoms with Crippen LogP contribution in [-0.4, -0.2) is 36.6 Å². The van der Waals surface area contributed by atoms with Crippen molar-refractivity contribution in [3.8, 4) is 0 Å². The fourth-order valence-electron chi connectivity index (χ4n) is 3.57. The molecule has 0 aliphatic carbocycles. The average Bonchev–Trinajstić information content (AvgIpc) is 2.46. The van der Waals surface area contributed by atoms with E-state index in [2.05, 4.69) is 16.7 Å². The molecule has 0 aromatic heterocycles. The minimum Gasteiger partial charge on any atom is -0.366 e. The summed E-state index contributed by atoms with van der Waals surface area (Å²) >= 11 is 0. The number of halogens is 3. The number of anilines is 1. The first-order chi connectivity index (χ1) is 9.95. The molecular weight excluding hydrogens is 277 g/mol. The van der Waals surface area contributed by atoms with Crippen LogP contribution in [0.2, 0.25) is 0 Å². The van der Waals surface area contributed by atoms with Gasteiger partial charge in [0.25, 0.3) is 0 Å². The second-order valence-electron chi connectivity index (χ2n) is 6.19. The van der Waals surface area contributed by atoms with Crippen molar-refractivity contribution in [3.05, 3.63) is 29.8 Å². The zero-order chi connectivity index (χ0) is 15.0. The van der Waals surface area contributed by atoms with Crippen LogP contribution >= 0.6 is 0 Å². The standard InChI is InChI=1S/C16H21F3N2/c1-12-10-20-8-3-2-6-15(20)11-21(12)14-7-4-5-13(9-14)16(17,18)19/h4-5,7,9,12,15H,2-3,6,8,10-11H2,1H3. The van der Waals surface area contributed by atoms with Gasteiger partial charge < -0.3 is 4.90 Å². The zero-order valence-corrected chi connectivity index (χ0v) is 12.2. The predicted molar refractivity (Wildman–Crippen MR) is 77.5 cm³/mol. The average molecular weight is 298 g/mol. The Labute approximate surface area is 123 Å². The summed E-state index contributed by atoms with van der Waals surface area (Å²) in [6, 6.07) is 6.48. The SMILES string of the molecule is CC1CN2CCCCC2CN1c1cccc(C(F)(F)F)c1. The summed E-state index contributed by atoms with van der Waals surface area (Å²) in [7, 11) is 0. The minimum absolute atomic E-state index is 0.253. The van der Waals surface area contributed by atoms with Gasteiger partial charge in [0.1, 0.15) is 0 Å². The highest BCUT2D eigenvalue weighted by molar-refractivity contribution is 5.51. The lowest BCUT2D eigenvalue weighted by molar-refractivity contribution is -0.137. The van der Waals surface area contributed by atoms with Crippen molar-refractivity contribution in [2.75, 3.05) is 24.5 Å². The monoisotopic (exact) mass is 298 g/mol. The van der Waals surface area contributed by atoms with E-state index in [1.165, 1.54) is 25.0 Å². The van der Waals surface area contributed by atoms with Crippen molar-refractivity contribution >= 4 is 5.69 Å². The van der Waals surface area contributed by atoms with Gasteiger partial charge in [-0.3, -0.25) is 4.90 Å². The van der Waals surface area contributed by atoms with Crippen LogP contribution in [0.1, 0.15) is 31.7 Å². The first kappa shape index (κ1) is 14.7. The molecule has 0 spiro atoms. The highest BCUT2D eigenvalue weighted by Gasteiger charge is 2.35. The first-order valence-corrected chi connectivity index (χ1v) is 7.63. The first-order valence-electron chi connectivity index (χ1n) is 7.63. The molecule has 2 unspecified atom stereocenters. The fourth-order valence-corrected chi connectivity index (χ4v) is 3.57. The zero-order valence-electron chi connectivity index (χ0n) is 12.2. The Bertz CT molecular complexity index is 501. The molecule has 0 bridgehead atoms. The Kier molecular flexibility index (Phi) is 3.86. The maximum atomic E-state index is 12.9. The van der Waals surface area contributed by atoms with E-state index in [1.807, 2.05) is 0 Å². The van der Waals surface area contributed by atoms with Gasteiger partial charge >= 0.3 is 6.18 Å². The molecule has 5 heteroatoms. The number of alkyl halides is 3. The number of nitrogens with zero attached hydrogens (tertiary/aromatic N) is 2. The van der Waals surface area contributed by atoms with Crippen LogP contribution in [0.3, 0.4) is 0 Å². The summed E-state index contributed by atoms with van der Waals surface area (Å²) in [5.74, 6) is 0. The van der Waals surface area contributed by atoms with Crippen LogP contribution in [0.4, 0.5) is 18.9 Å². The van der Waals surface area contributed by atoms with Crippen molar-refractivity contribution < 1.29 is 13.2 Å². The number of fused-ring (bicyclic) bond motifs is 1. The van der Waals surface area contributed by atoms with E-state index in [4.69, 9.17) is 0 Å².